The zero-order valence-electron chi connectivity index (χ0n) is 11.5. The van der Waals surface area contributed by atoms with Gasteiger partial charge in [-0.1, -0.05) is 36.4 Å². The van der Waals surface area contributed by atoms with Crippen molar-refractivity contribution in [1.82, 2.24) is 15.1 Å². The second-order valence-corrected chi connectivity index (χ2v) is 4.48. The van der Waals surface area contributed by atoms with Gasteiger partial charge in [0.25, 0.3) is 11.8 Å². The zero-order valence-corrected chi connectivity index (χ0v) is 11.5. The molecule has 0 spiro atoms. The van der Waals surface area contributed by atoms with Crippen molar-refractivity contribution in [3.8, 4) is 0 Å². The van der Waals surface area contributed by atoms with Gasteiger partial charge in [0.2, 0.25) is 0 Å². The summed E-state index contributed by atoms with van der Waals surface area (Å²) in [7, 11) is 0. The Morgan fingerprint density at radius 3 is 1.73 bits per heavy atom. The van der Waals surface area contributed by atoms with Gasteiger partial charge in [-0.05, 0) is 29.5 Å². The first-order chi connectivity index (χ1) is 10.8. The van der Waals surface area contributed by atoms with E-state index in [1.165, 1.54) is 12.4 Å². The van der Waals surface area contributed by atoms with Crippen LogP contribution in [0.1, 0.15) is 20.7 Å². The van der Waals surface area contributed by atoms with Crippen LogP contribution in [0, 0.1) is 0 Å². The van der Waals surface area contributed by atoms with Gasteiger partial charge in [0.05, 0.1) is 12.4 Å². The number of nitrogens with zero attached hydrogens (tertiary/aromatic N) is 4. The van der Waals surface area contributed by atoms with Gasteiger partial charge in [0, 0.05) is 11.1 Å². The first-order valence-corrected chi connectivity index (χ1v) is 6.63. The standard InChI is InChI=1S/C16H12N4O2/c21-15(13-7-3-1-4-8-13)20(19-12-11-17-18-19)16(22)14-9-5-2-6-10-14/h1-12H. The molecule has 3 aromatic rings. The smallest absolute Gasteiger partial charge is 0.267 e. The van der Waals surface area contributed by atoms with E-state index in [2.05, 4.69) is 10.3 Å². The summed E-state index contributed by atoms with van der Waals surface area (Å²) in [5, 5.41) is 8.38. The average Bonchev–Trinajstić information content (AvgIpc) is 3.10. The largest absolute Gasteiger partial charge is 0.281 e. The lowest BCUT2D eigenvalue weighted by Crippen LogP contribution is -2.45. The van der Waals surface area contributed by atoms with Crippen molar-refractivity contribution in [2.75, 3.05) is 5.01 Å². The summed E-state index contributed by atoms with van der Waals surface area (Å²) in [4.78, 5) is 26.5. The summed E-state index contributed by atoms with van der Waals surface area (Å²) in [5.41, 5.74) is 0.782. The average molecular weight is 292 g/mol. The molecule has 0 saturated heterocycles. The summed E-state index contributed by atoms with van der Waals surface area (Å²) in [6.07, 6.45) is 2.85. The summed E-state index contributed by atoms with van der Waals surface area (Å²) >= 11 is 0. The van der Waals surface area contributed by atoms with Gasteiger partial charge in [0.1, 0.15) is 0 Å². The summed E-state index contributed by atoms with van der Waals surface area (Å²) in [6, 6.07) is 17.1. The van der Waals surface area contributed by atoms with Crippen LogP contribution in [0.3, 0.4) is 0 Å². The Kier molecular flexibility index (Phi) is 3.74. The third-order valence-electron chi connectivity index (χ3n) is 3.04. The van der Waals surface area contributed by atoms with E-state index in [4.69, 9.17) is 0 Å². The van der Waals surface area contributed by atoms with E-state index in [-0.39, 0.29) is 0 Å². The minimum absolute atomic E-state index is 0.391. The molecule has 3 rings (SSSR count). The van der Waals surface area contributed by atoms with Gasteiger partial charge in [-0.3, -0.25) is 9.59 Å². The minimum atomic E-state index is -0.472. The van der Waals surface area contributed by atoms with Crippen LogP contribution < -0.4 is 5.01 Å². The number of carbonyl (C=O) groups excluding carboxylic acids is 2. The van der Waals surface area contributed by atoms with E-state index in [0.29, 0.717) is 11.1 Å². The lowest BCUT2D eigenvalue weighted by atomic mass is 10.1. The highest BCUT2D eigenvalue weighted by Crippen LogP contribution is 2.09. The molecule has 0 radical (unpaired) electrons. The van der Waals surface area contributed by atoms with Gasteiger partial charge in [-0.15, -0.1) is 9.89 Å². The molecule has 2 amide bonds. The Bertz CT molecular complexity index is 719. The van der Waals surface area contributed by atoms with Crippen LogP contribution in [0.2, 0.25) is 0 Å². The van der Waals surface area contributed by atoms with Crippen LogP contribution in [-0.2, 0) is 0 Å². The van der Waals surface area contributed by atoms with Crippen molar-refractivity contribution >= 4 is 11.8 Å². The molecule has 108 valence electrons. The van der Waals surface area contributed by atoms with Gasteiger partial charge in [-0.2, -0.15) is 5.01 Å². The highest BCUT2D eigenvalue weighted by Gasteiger charge is 2.26. The SMILES string of the molecule is O=C(c1ccccc1)N(C(=O)c1ccccc1)n1ccnn1. The van der Waals surface area contributed by atoms with Crippen molar-refractivity contribution < 1.29 is 9.59 Å². The Balaban J connectivity index is 2.02. The predicted molar refractivity (Wildman–Crippen MR) is 79.8 cm³/mol. The third-order valence-corrected chi connectivity index (χ3v) is 3.04. The van der Waals surface area contributed by atoms with Crippen molar-refractivity contribution in [1.29, 1.82) is 0 Å². The van der Waals surface area contributed by atoms with Crippen molar-refractivity contribution in [2.24, 2.45) is 0 Å². The molecular weight excluding hydrogens is 280 g/mol. The van der Waals surface area contributed by atoms with Gasteiger partial charge < -0.3 is 0 Å². The number of imide groups is 1. The predicted octanol–water partition coefficient (Wildman–Crippen LogP) is 1.90. The number of amides is 2. The van der Waals surface area contributed by atoms with E-state index in [9.17, 15) is 9.59 Å². The van der Waals surface area contributed by atoms with Crippen molar-refractivity contribution in [3.63, 3.8) is 0 Å². The maximum atomic E-state index is 12.7. The molecule has 0 aliphatic heterocycles. The topological polar surface area (TPSA) is 68.1 Å². The maximum absolute atomic E-state index is 12.7. The Hall–Kier alpha value is -3.28. The molecule has 0 atom stereocenters. The Morgan fingerprint density at radius 2 is 1.32 bits per heavy atom. The summed E-state index contributed by atoms with van der Waals surface area (Å²) in [5.74, 6) is -0.945. The van der Waals surface area contributed by atoms with E-state index < -0.39 is 11.8 Å². The first kappa shape index (κ1) is 13.7. The number of benzene rings is 2. The number of carbonyl (C=O) groups is 2. The normalized spacial score (nSPS) is 10.2. The Morgan fingerprint density at radius 1 is 0.818 bits per heavy atom. The van der Waals surface area contributed by atoms with E-state index >= 15 is 0 Å². The molecule has 2 aromatic carbocycles. The van der Waals surface area contributed by atoms with Crippen LogP contribution >= 0.6 is 0 Å². The molecule has 6 heteroatoms. The lowest BCUT2D eigenvalue weighted by Gasteiger charge is -2.19. The molecule has 0 fully saturated rings. The highest BCUT2D eigenvalue weighted by molar-refractivity contribution is 6.20. The number of hydrogen-bond acceptors (Lipinski definition) is 4. The number of rotatable bonds is 3. The number of aromatic nitrogens is 3. The molecule has 0 bridgehead atoms. The van der Waals surface area contributed by atoms with E-state index in [0.717, 1.165) is 9.80 Å². The van der Waals surface area contributed by atoms with Crippen molar-refractivity contribution in [3.05, 3.63) is 84.2 Å². The molecule has 0 aliphatic carbocycles. The maximum Gasteiger partial charge on any atom is 0.281 e. The second kappa shape index (κ2) is 6.01. The van der Waals surface area contributed by atoms with Gasteiger partial charge in [-0.25, -0.2) is 0 Å². The molecular formula is C16H12N4O2. The third kappa shape index (κ3) is 2.62. The highest BCUT2D eigenvalue weighted by atomic mass is 16.2. The fourth-order valence-corrected chi connectivity index (χ4v) is 1.99. The fraction of sp³-hybridized carbons (Fsp3) is 0. The van der Waals surface area contributed by atoms with E-state index in [1.807, 2.05) is 0 Å². The van der Waals surface area contributed by atoms with Crippen LogP contribution in [0.25, 0.3) is 0 Å². The van der Waals surface area contributed by atoms with Crippen LogP contribution in [-0.4, -0.2) is 26.9 Å². The van der Waals surface area contributed by atoms with Crippen LogP contribution in [0.15, 0.2) is 73.1 Å². The molecule has 0 unspecified atom stereocenters. The van der Waals surface area contributed by atoms with Crippen LogP contribution in [0.4, 0.5) is 0 Å². The molecule has 1 heterocycles. The van der Waals surface area contributed by atoms with E-state index in [1.54, 1.807) is 60.7 Å². The van der Waals surface area contributed by atoms with Crippen LogP contribution in [0.5, 0.6) is 0 Å². The number of hydrogen-bond donors (Lipinski definition) is 0. The summed E-state index contributed by atoms with van der Waals surface area (Å²) in [6.45, 7) is 0. The molecule has 1 aromatic heterocycles. The zero-order chi connectivity index (χ0) is 15.4. The Labute approximate surface area is 126 Å². The van der Waals surface area contributed by atoms with Gasteiger partial charge in [0.15, 0.2) is 0 Å². The summed E-state index contributed by atoms with van der Waals surface area (Å²) < 4.78 is 0. The molecule has 0 aliphatic rings. The molecule has 22 heavy (non-hydrogen) atoms. The molecule has 6 nitrogen and oxygen atoms in total. The quantitative estimate of drug-likeness (QED) is 0.691. The fourth-order valence-electron chi connectivity index (χ4n) is 1.99. The minimum Gasteiger partial charge on any atom is -0.267 e. The van der Waals surface area contributed by atoms with Gasteiger partial charge >= 0.3 is 0 Å². The van der Waals surface area contributed by atoms with Crippen molar-refractivity contribution in [2.45, 2.75) is 0 Å². The first-order valence-electron chi connectivity index (χ1n) is 6.63. The second-order valence-electron chi connectivity index (χ2n) is 4.48. The lowest BCUT2D eigenvalue weighted by molar-refractivity contribution is 0.0848. The molecule has 0 saturated carbocycles. The molecule has 0 N–H and O–H groups in total. The monoisotopic (exact) mass is 292 g/mol.